The highest BCUT2D eigenvalue weighted by atomic mass is 16.5. The van der Waals surface area contributed by atoms with E-state index in [1.54, 1.807) is 6.07 Å². The van der Waals surface area contributed by atoms with Gasteiger partial charge in [-0.15, -0.1) is 0 Å². The van der Waals surface area contributed by atoms with E-state index in [1.807, 2.05) is 18.2 Å². The van der Waals surface area contributed by atoms with Crippen molar-refractivity contribution < 1.29 is 9.53 Å². The molecule has 4 heteroatoms. The first kappa shape index (κ1) is 15.7. The van der Waals surface area contributed by atoms with E-state index in [0.29, 0.717) is 31.0 Å². The molecule has 1 saturated carbocycles. The summed E-state index contributed by atoms with van der Waals surface area (Å²) in [6, 6.07) is 7.39. The Hall–Kier alpha value is -1.71. The van der Waals surface area contributed by atoms with Gasteiger partial charge in [0.05, 0.1) is 12.2 Å². The number of ether oxygens (including phenoxy) is 1. The van der Waals surface area contributed by atoms with Crippen molar-refractivity contribution in [3.63, 3.8) is 0 Å². The minimum absolute atomic E-state index is 0.130. The number of rotatable bonds is 7. The van der Waals surface area contributed by atoms with Gasteiger partial charge in [-0.3, -0.25) is 4.79 Å². The van der Waals surface area contributed by atoms with Gasteiger partial charge in [-0.05, 0) is 24.5 Å². The minimum Gasteiger partial charge on any atom is -0.490 e. The Bertz CT molecular complexity index is 442. The molecular formula is C17H26N2O2. The Balaban J connectivity index is 1.56. The second-order valence-corrected chi connectivity index (χ2v) is 5.78. The van der Waals surface area contributed by atoms with Crippen molar-refractivity contribution in [2.24, 2.45) is 5.92 Å². The minimum atomic E-state index is 0.130. The van der Waals surface area contributed by atoms with Crippen molar-refractivity contribution in [3.05, 3.63) is 24.3 Å². The van der Waals surface area contributed by atoms with E-state index < -0.39 is 0 Å². The molecule has 0 atom stereocenters. The van der Waals surface area contributed by atoms with E-state index in [1.165, 1.54) is 32.1 Å². The maximum Gasteiger partial charge on any atom is 0.220 e. The number of para-hydroxylation sites is 2. The van der Waals surface area contributed by atoms with Gasteiger partial charge in [-0.1, -0.05) is 44.2 Å². The zero-order chi connectivity index (χ0) is 14.9. The maximum atomic E-state index is 11.8. The average molecular weight is 290 g/mol. The van der Waals surface area contributed by atoms with E-state index in [-0.39, 0.29) is 5.91 Å². The van der Waals surface area contributed by atoms with Gasteiger partial charge in [0.25, 0.3) is 0 Å². The second-order valence-electron chi connectivity index (χ2n) is 5.78. The molecule has 0 radical (unpaired) electrons. The van der Waals surface area contributed by atoms with Crippen LogP contribution in [0.1, 0.15) is 44.9 Å². The molecule has 0 bridgehead atoms. The molecule has 1 aliphatic carbocycles. The Morgan fingerprint density at radius 2 is 2.00 bits per heavy atom. The summed E-state index contributed by atoms with van der Waals surface area (Å²) in [7, 11) is 0. The van der Waals surface area contributed by atoms with E-state index in [0.717, 1.165) is 12.3 Å². The first-order chi connectivity index (χ1) is 10.3. The molecule has 0 aliphatic heterocycles. The molecule has 1 fully saturated rings. The van der Waals surface area contributed by atoms with Gasteiger partial charge in [0.2, 0.25) is 5.91 Å². The number of nitrogen functional groups attached to an aromatic ring is 1. The molecule has 0 spiro atoms. The highest BCUT2D eigenvalue weighted by molar-refractivity contribution is 5.75. The molecule has 21 heavy (non-hydrogen) atoms. The fourth-order valence-electron chi connectivity index (χ4n) is 2.86. The number of carbonyl (C=O) groups is 1. The van der Waals surface area contributed by atoms with Crippen LogP contribution in [0.2, 0.25) is 0 Å². The molecule has 1 aliphatic rings. The topological polar surface area (TPSA) is 64.3 Å². The molecule has 4 nitrogen and oxygen atoms in total. The zero-order valence-corrected chi connectivity index (χ0v) is 12.6. The summed E-state index contributed by atoms with van der Waals surface area (Å²) in [4.78, 5) is 11.8. The number of nitrogens with two attached hydrogens (primary N) is 1. The lowest BCUT2D eigenvalue weighted by molar-refractivity contribution is -0.121. The number of hydrogen-bond donors (Lipinski definition) is 2. The van der Waals surface area contributed by atoms with Gasteiger partial charge in [0.1, 0.15) is 12.4 Å². The third kappa shape index (κ3) is 5.66. The monoisotopic (exact) mass is 290 g/mol. The highest BCUT2D eigenvalue weighted by Crippen LogP contribution is 2.27. The Morgan fingerprint density at radius 1 is 1.24 bits per heavy atom. The van der Waals surface area contributed by atoms with Gasteiger partial charge < -0.3 is 15.8 Å². The normalized spacial score (nSPS) is 15.6. The third-order valence-corrected chi connectivity index (χ3v) is 4.11. The fraction of sp³-hybridized carbons (Fsp3) is 0.588. The van der Waals surface area contributed by atoms with Crippen molar-refractivity contribution in [2.45, 2.75) is 44.9 Å². The summed E-state index contributed by atoms with van der Waals surface area (Å²) < 4.78 is 5.54. The lowest BCUT2D eigenvalue weighted by Crippen LogP contribution is -2.28. The first-order valence-electron chi connectivity index (χ1n) is 7.99. The van der Waals surface area contributed by atoms with Crippen LogP contribution < -0.4 is 15.8 Å². The van der Waals surface area contributed by atoms with E-state index in [4.69, 9.17) is 10.5 Å². The first-order valence-corrected chi connectivity index (χ1v) is 7.99. The molecule has 3 N–H and O–H groups in total. The van der Waals surface area contributed by atoms with Crippen molar-refractivity contribution in [3.8, 4) is 5.75 Å². The molecule has 0 saturated heterocycles. The molecule has 0 unspecified atom stereocenters. The van der Waals surface area contributed by atoms with Crippen LogP contribution in [0.4, 0.5) is 5.69 Å². The third-order valence-electron chi connectivity index (χ3n) is 4.11. The van der Waals surface area contributed by atoms with E-state index >= 15 is 0 Å². The summed E-state index contributed by atoms with van der Waals surface area (Å²) >= 11 is 0. The number of anilines is 1. The predicted octanol–water partition coefficient (Wildman–Crippen LogP) is 3.12. The van der Waals surface area contributed by atoms with Crippen LogP contribution in [0, 0.1) is 5.92 Å². The van der Waals surface area contributed by atoms with Crippen LogP contribution in [0.5, 0.6) is 5.75 Å². The summed E-state index contributed by atoms with van der Waals surface area (Å²) in [5.74, 6) is 1.56. The van der Waals surface area contributed by atoms with Crippen LogP contribution in [-0.2, 0) is 4.79 Å². The van der Waals surface area contributed by atoms with Crippen molar-refractivity contribution in [1.82, 2.24) is 5.32 Å². The van der Waals surface area contributed by atoms with Crippen molar-refractivity contribution >= 4 is 11.6 Å². The second kappa shape index (κ2) is 8.55. The SMILES string of the molecule is Nc1ccccc1OCCNC(=O)CCC1CCCCC1. The average Bonchev–Trinajstić information content (AvgIpc) is 2.52. The highest BCUT2D eigenvalue weighted by Gasteiger charge is 2.14. The predicted molar refractivity (Wildman–Crippen MR) is 85.2 cm³/mol. The number of amides is 1. The van der Waals surface area contributed by atoms with Crippen LogP contribution in [0.25, 0.3) is 0 Å². The zero-order valence-electron chi connectivity index (χ0n) is 12.6. The number of carbonyl (C=O) groups excluding carboxylic acids is 1. The van der Waals surface area contributed by atoms with Crippen LogP contribution in [0.3, 0.4) is 0 Å². The van der Waals surface area contributed by atoms with Gasteiger partial charge in [0, 0.05) is 6.42 Å². The van der Waals surface area contributed by atoms with Crippen LogP contribution in [-0.4, -0.2) is 19.1 Å². The molecular weight excluding hydrogens is 264 g/mol. The molecule has 2 rings (SSSR count). The van der Waals surface area contributed by atoms with Crippen LogP contribution in [0.15, 0.2) is 24.3 Å². The standard InChI is InChI=1S/C17H26N2O2/c18-15-8-4-5-9-16(15)21-13-12-19-17(20)11-10-14-6-2-1-3-7-14/h4-5,8-9,14H,1-3,6-7,10-13,18H2,(H,19,20). The summed E-state index contributed by atoms with van der Waals surface area (Å²) in [6.45, 7) is 0.973. The Morgan fingerprint density at radius 3 is 2.76 bits per heavy atom. The molecule has 1 aromatic carbocycles. The lowest BCUT2D eigenvalue weighted by Gasteiger charge is -2.21. The van der Waals surface area contributed by atoms with Gasteiger partial charge in [-0.25, -0.2) is 0 Å². The Kier molecular flexibility index (Phi) is 6.38. The van der Waals surface area contributed by atoms with Gasteiger partial charge in [-0.2, -0.15) is 0 Å². The maximum absolute atomic E-state index is 11.8. The van der Waals surface area contributed by atoms with Gasteiger partial charge in [0.15, 0.2) is 0 Å². The van der Waals surface area contributed by atoms with E-state index in [2.05, 4.69) is 5.32 Å². The largest absolute Gasteiger partial charge is 0.490 e. The molecule has 1 amide bonds. The number of benzene rings is 1. The van der Waals surface area contributed by atoms with Crippen molar-refractivity contribution in [2.75, 3.05) is 18.9 Å². The number of nitrogens with one attached hydrogen (secondary N) is 1. The van der Waals surface area contributed by atoms with Crippen LogP contribution >= 0.6 is 0 Å². The molecule has 1 aromatic rings. The molecule has 0 aromatic heterocycles. The van der Waals surface area contributed by atoms with E-state index in [9.17, 15) is 4.79 Å². The summed E-state index contributed by atoms with van der Waals surface area (Å²) in [5.41, 5.74) is 6.41. The molecule has 0 heterocycles. The summed E-state index contributed by atoms with van der Waals surface area (Å²) in [6.07, 6.45) is 8.28. The molecule has 116 valence electrons. The summed E-state index contributed by atoms with van der Waals surface area (Å²) in [5, 5.41) is 2.91. The number of hydrogen-bond acceptors (Lipinski definition) is 3. The fourth-order valence-corrected chi connectivity index (χ4v) is 2.86. The smallest absolute Gasteiger partial charge is 0.220 e. The van der Waals surface area contributed by atoms with Crippen molar-refractivity contribution in [1.29, 1.82) is 0 Å². The van der Waals surface area contributed by atoms with Gasteiger partial charge >= 0.3 is 0 Å². The lowest BCUT2D eigenvalue weighted by atomic mass is 9.86. The Labute approximate surface area is 127 Å². The quantitative estimate of drug-likeness (QED) is 0.599.